The Morgan fingerprint density at radius 3 is 2.75 bits per heavy atom. The Kier molecular flexibility index (Phi) is 4.25. The van der Waals surface area contributed by atoms with E-state index in [2.05, 4.69) is 0 Å². The van der Waals surface area contributed by atoms with Crippen molar-refractivity contribution in [3.05, 3.63) is 33.9 Å². The maximum Gasteiger partial charge on any atom is 0.292 e. The summed E-state index contributed by atoms with van der Waals surface area (Å²) in [5.74, 6) is 0.213. The number of carbonyl (C=O) groups excluding carboxylic acids is 1. The van der Waals surface area contributed by atoms with Crippen LogP contribution in [-0.2, 0) is 11.2 Å². The Labute approximate surface area is 97.3 Å². The predicted octanol–water partition coefficient (Wildman–Crippen LogP) is 1.92. The molecule has 86 valence electrons. The summed E-state index contributed by atoms with van der Waals surface area (Å²) >= 11 is 5.42. The van der Waals surface area contributed by atoms with Gasteiger partial charge >= 0.3 is 0 Å². The molecule has 0 aliphatic heterocycles. The molecule has 0 unspecified atom stereocenters. The van der Waals surface area contributed by atoms with Crippen LogP contribution in [0.1, 0.15) is 12.0 Å². The topological polar surface area (TPSA) is 86.2 Å². The monoisotopic (exact) mass is 242 g/mol. The zero-order valence-corrected chi connectivity index (χ0v) is 9.24. The molecule has 6 heteroatoms. The number of nitro benzene ring substituents is 1. The average Bonchev–Trinajstić information content (AvgIpc) is 2.21. The number of nitrogens with zero attached hydrogens (tertiary/aromatic N) is 1. The molecule has 0 heterocycles. The van der Waals surface area contributed by atoms with Gasteiger partial charge in [0.15, 0.2) is 0 Å². The fraction of sp³-hybridized carbons (Fsp3) is 0.300. The van der Waals surface area contributed by atoms with Gasteiger partial charge in [0, 0.05) is 24.8 Å². The number of nitrogen functional groups attached to an aromatic ring is 1. The number of benzene rings is 1. The van der Waals surface area contributed by atoms with Gasteiger partial charge in [-0.25, -0.2) is 0 Å². The highest BCUT2D eigenvalue weighted by molar-refractivity contribution is 6.19. The maximum absolute atomic E-state index is 11.3. The molecule has 1 rings (SSSR count). The molecule has 0 amide bonds. The number of rotatable bonds is 5. The van der Waals surface area contributed by atoms with Crippen LogP contribution < -0.4 is 5.73 Å². The van der Waals surface area contributed by atoms with Gasteiger partial charge in [0.2, 0.25) is 0 Å². The standard InChI is InChI=1S/C10H11ClN2O3/c11-4-3-8(14)5-7-1-2-9(12)10(6-7)13(15)16/h1-2,6H,3-5,12H2. The summed E-state index contributed by atoms with van der Waals surface area (Å²) in [7, 11) is 0. The Hall–Kier alpha value is -1.62. The lowest BCUT2D eigenvalue weighted by molar-refractivity contribution is -0.383. The minimum absolute atomic E-state index is 0.0472. The third-order valence-electron chi connectivity index (χ3n) is 2.07. The van der Waals surface area contributed by atoms with E-state index in [0.717, 1.165) is 0 Å². The molecule has 0 fully saturated rings. The summed E-state index contributed by atoms with van der Waals surface area (Å²) in [5, 5.41) is 10.6. The number of anilines is 1. The van der Waals surface area contributed by atoms with Gasteiger partial charge in [0.05, 0.1) is 4.92 Å². The average molecular weight is 243 g/mol. The maximum atomic E-state index is 11.3. The van der Waals surface area contributed by atoms with E-state index in [0.29, 0.717) is 5.56 Å². The lowest BCUT2D eigenvalue weighted by Crippen LogP contribution is -2.04. The lowest BCUT2D eigenvalue weighted by atomic mass is 10.1. The number of Topliss-reactive ketones (excluding diaryl/α,β-unsaturated/α-hetero) is 1. The quantitative estimate of drug-likeness (QED) is 0.370. The smallest absolute Gasteiger partial charge is 0.292 e. The van der Waals surface area contributed by atoms with Crippen LogP contribution in [0.15, 0.2) is 18.2 Å². The fourth-order valence-corrected chi connectivity index (χ4v) is 1.49. The molecule has 1 aromatic carbocycles. The van der Waals surface area contributed by atoms with Gasteiger partial charge < -0.3 is 5.73 Å². The van der Waals surface area contributed by atoms with Crippen LogP contribution in [0.4, 0.5) is 11.4 Å². The second-order valence-electron chi connectivity index (χ2n) is 3.30. The Morgan fingerprint density at radius 2 is 2.19 bits per heavy atom. The van der Waals surface area contributed by atoms with Gasteiger partial charge in [-0.3, -0.25) is 14.9 Å². The first kappa shape index (κ1) is 12.4. The van der Waals surface area contributed by atoms with Crippen molar-refractivity contribution >= 4 is 28.8 Å². The molecular weight excluding hydrogens is 232 g/mol. The molecule has 0 aliphatic carbocycles. The molecule has 5 nitrogen and oxygen atoms in total. The van der Waals surface area contributed by atoms with E-state index in [9.17, 15) is 14.9 Å². The van der Waals surface area contributed by atoms with Gasteiger partial charge in [0.25, 0.3) is 5.69 Å². The van der Waals surface area contributed by atoms with Crippen molar-refractivity contribution in [2.75, 3.05) is 11.6 Å². The van der Waals surface area contributed by atoms with Crippen molar-refractivity contribution in [3.8, 4) is 0 Å². The molecule has 0 saturated heterocycles. The molecule has 16 heavy (non-hydrogen) atoms. The van der Waals surface area contributed by atoms with Crippen LogP contribution in [-0.4, -0.2) is 16.6 Å². The van der Waals surface area contributed by atoms with Crippen LogP contribution in [0.25, 0.3) is 0 Å². The van der Waals surface area contributed by atoms with Crippen molar-refractivity contribution in [1.82, 2.24) is 0 Å². The summed E-state index contributed by atoms with van der Waals surface area (Å²) in [4.78, 5) is 21.3. The van der Waals surface area contributed by atoms with Gasteiger partial charge in [0.1, 0.15) is 11.5 Å². The molecule has 0 radical (unpaired) electrons. The molecule has 1 aromatic rings. The first-order valence-electron chi connectivity index (χ1n) is 4.65. The normalized spacial score (nSPS) is 10.1. The van der Waals surface area contributed by atoms with Crippen LogP contribution in [0, 0.1) is 10.1 Å². The van der Waals surface area contributed by atoms with Crippen molar-refractivity contribution in [1.29, 1.82) is 0 Å². The van der Waals surface area contributed by atoms with Crippen molar-refractivity contribution < 1.29 is 9.72 Å². The summed E-state index contributed by atoms with van der Waals surface area (Å²) < 4.78 is 0. The van der Waals surface area contributed by atoms with Gasteiger partial charge in [-0.05, 0) is 11.6 Å². The second-order valence-corrected chi connectivity index (χ2v) is 3.68. The van der Waals surface area contributed by atoms with Crippen LogP contribution in [0.2, 0.25) is 0 Å². The zero-order chi connectivity index (χ0) is 12.1. The third-order valence-corrected chi connectivity index (χ3v) is 2.26. The van der Waals surface area contributed by atoms with E-state index in [1.165, 1.54) is 12.1 Å². The van der Waals surface area contributed by atoms with Gasteiger partial charge in [-0.1, -0.05) is 6.07 Å². The van der Waals surface area contributed by atoms with Crippen LogP contribution in [0.5, 0.6) is 0 Å². The Bertz CT molecular complexity index is 421. The SMILES string of the molecule is Nc1ccc(CC(=O)CCCl)cc1[N+](=O)[O-]. The number of hydrogen-bond donors (Lipinski definition) is 1. The van der Waals surface area contributed by atoms with E-state index in [-0.39, 0.29) is 35.9 Å². The molecule has 2 N–H and O–H groups in total. The largest absolute Gasteiger partial charge is 0.393 e. The van der Waals surface area contributed by atoms with E-state index in [1.807, 2.05) is 0 Å². The first-order valence-corrected chi connectivity index (χ1v) is 5.18. The molecule has 0 bridgehead atoms. The van der Waals surface area contributed by atoms with E-state index in [1.54, 1.807) is 6.07 Å². The summed E-state index contributed by atoms with van der Waals surface area (Å²) in [6, 6.07) is 4.36. The van der Waals surface area contributed by atoms with E-state index in [4.69, 9.17) is 17.3 Å². The number of nitrogens with two attached hydrogens (primary N) is 1. The second kappa shape index (κ2) is 5.46. The molecular formula is C10H11ClN2O3. The summed E-state index contributed by atoms with van der Waals surface area (Å²) in [5.41, 5.74) is 5.94. The number of halogens is 1. The fourth-order valence-electron chi connectivity index (χ4n) is 1.28. The highest BCUT2D eigenvalue weighted by Gasteiger charge is 2.13. The number of carbonyl (C=O) groups is 1. The Morgan fingerprint density at radius 1 is 1.50 bits per heavy atom. The predicted molar refractivity (Wildman–Crippen MR) is 61.6 cm³/mol. The third kappa shape index (κ3) is 3.20. The number of hydrogen-bond acceptors (Lipinski definition) is 4. The lowest BCUT2D eigenvalue weighted by Gasteiger charge is -2.01. The highest BCUT2D eigenvalue weighted by atomic mass is 35.5. The highest BCUT2D eigenvalue weighted by Crippen LogP contribution is 2.22. The molecule has 0 atom stereocenters. The molecule has 0 saturated carbocycles. The van der Waals surface area contributed by atoms with Crippen LogP contribution >= 0.6 is 11.6 Å². The Balaban J connectivity index is 2.87. The minimum atomic E-state index is -0.565. The van der Waals surface area contributed by atoms with Gasteiger partial charge in [-0.15, -0.1) is 11.6 Å². The van der Waals surface area contributed by atoms with Crippen LogP contribution in [0.3, 0.4) is 0 Å². The summed E-state index contributed by atoms with van der Waals surface area (Å²) in [6.45, 7) is 0. The minimum Gasteiger partial charge on any atom is -0.393 e. The summed E-state index contributed by atoms with van der Waals surface area (Å²) in [6.07, 6.45) is 0.410. The van der Waals surface area contributed by atoms with Crippen molar-refractivity contribution in [3.63, 3.8) is 0 Å². The van der Waals surface area contributed by atoms with Crippen molar-refractivity contribution in [2.24, 2.45) is 0 Å². The molecule has 0 spiro atoms. The molecule has 0 aliphatic rings. The van der Waals surface area contributed by atoms with E-state index >= 15 is 0 Å². The molecule has 0 aromatic heterocycles. The van der Waals surface area contributed by atoms with Gasteiger partial charge in [-0.2, -0.15) is 0 Å². The number of ketones is 1. The first-order chi connectivity index (χ1) is 7.54. The van der Waals surface area contributed by atoms with E-state index < -0.39 is 4.92 Å². The number of nitro groups is 1. The van der Waals surface area contributed by atoms with Crippen molar-refractivity contribution in [2.45, 2.75) is 12.8 Å². The number of alkyl halides is 1. The zero-order valence-electron chi connectivity index (χ0n) is 8.48.